The Hall–Kier alpha value is -0.820. The fraction of sp³-hybridized carbons (Fsp3) is 0.111. The Morgan fingerprint density at radius 1 is 1.55 bits per heavy atom. The summed E-state index contributed by atoms with van der Waals surface area (Å²) in [5, 5.41) is 0.532. The first-order chi connectivity index (χ1) is 5.11. The first-order valence-corrected chi connectivity index (χ1v) is 3.60. The molecule has 0 atom stereocenters. The van der Waals surface area contributed by atoms with Crippen molar-refractivity contribution >= 4 is 17.2 Å². The lowest BCUT2D eigenvalue weighted by molar-refractivity contribution is 0.624. The normalized spacial score (nSPS) is 9.73. The van der Waals surface area contributed by atoms with Gasteiger partial charge >= 0.3 is 0 Å². The van der Waals surface area contributed by atoms with Gasteiger partial charge < -0.3 is 0 Å². The van der Waals surface area contributed by atoms with Crippen molar-refractivity contribution in [2.45, 2.75) is 6.92 Å². The molecule has 0 N–H and O–H groups in total. The van der Waals surface area contributed by atoms with Crippen molar-refractivity contribution in [1.82, 2.24) is 0 Å². The van der Waals surface area contributed by atoms with E-state index in [1.54, 1.807) is 13.0 Å². The van der Waals surface area contributed by atoms with Crippen LogP contribution in [0.5, 0.6) is 0 Å². The highest BCUT2D eigenvalue weighted by Gasteiger charge is 2.01. The molecule has 0 aliphatic carbocycles. The number of benzene rings is 1. The van der Waals surface area contributed by atoms with Gasteiger partial charge in [-0.05, 0) is 30.7 Å². The fourth-order valence-corrected chi connectivity index (χ4v) is 0.997. The van der Waals surface area contributed by atoms with Crippen molar-refractivity contribution in [2.75, 3.05) is 0 Å². The molecule has 0 spiro atoms. The number of halogens is 2. The third kappa shape index (κ3) is 1.81. The molecule has 1 aromatic carbocycles. The molecule has 0 saturated carbocycles. The Morgan fingerprint density at radius 2 is 2.18 bits per heavy atom. The quantitative estimate of drug-likeness (QED) is 0.605. The molecule has 0 saturated heterocycles. The summed E-state index contributed by atoms with van der Waals surface area (Å²) in [6.07, 6.45) is 0. The van der Waals surface area contributed by atoms with Gasteiger partial charge in [0.15, 0.2) is 0 Å². The van der Waals surface area contributed by atoms with E-state index in [4.69, 9.17) is 11.6 Å². The molecule has 0 aliphatic rings. The zero-order valence-corrected chi connectivity index (χ0v) is 6.95. The Balaban J connectivity index is 3.23. The van der Waals surface area contributed by atoms with Crippen molar-refractivity contribution in [2.24, 2.45) is 0 Å². The van der Waals surface area contributed by atoms with Crippen molar-refractivity contribution in [3.8, 4) is 0 Å². The van der Waals surface area contributed by atoms with Crippen LogP contribution in [0.15, 0.2) is 24.8 Å². The molecule has 1 rings (SSSR count). The van der Waals surface area contributed by atoms with Crippen LogP contribution in [-0.2, 0) is 0 Å². The van der Waals surface area contributed by atoms with E-state index in [1.165, 1.54) is 12.1 Å². The third-order valence-electron chi connectivity index (χ3n) is 1.39. The molecule has 58 valence electrons. The van der Waals surface area contributed by atoms with E-state index in [1.807, 2.05) is 0 Å². The lowest BCUT2D eigenvalue weighted by Crippen LogP contribution is -1.84. The summed E-state index contributed by atoms with van der Waals surface area (Å²) >= 11 is 5.65. The number of hydrogen-bond acceptors (Lipinski definition) is 0. The van der Waals surface area contributed by atoms with Crippen molar-refractivity contribution < 1.29 is 4.39 Å². The summed E-state index contributed by atoms with van der Waals surface area (Å²) in [5.74, 6) is -0.276. The highest BCUT2D eigenvalue weighted by molar-refractivity contribution is 6.30. The number of rotatable bonds is 1. The molecule has 1 aromatic rings. The predicted molar refractivity (Wildman–Crippen MR) is 46.1 cm³/mol. The Labute approximate surface area is 70.3 Å². The van der Waals surface area contributed by atoms with E-state index < -0.39 is 0 Å². The summed E-state index contributed by atoms with van der Waals surface area (Å²) < 4.78 is 12.9. The van der Waals surface area contributed by atoms with Gasteiger partial charge in [-0.1, -0.05) is 18.2 Å². The van der Waals surface area contributed by atoms with Gasteiger partial charge in [0, 0.05) is 10.6 Å². The molecule has 0 aliphatic heterocycles. The van der Waals surface area contributed by atoms with Gasteiger partial charge in [-0.2, -0.15) is 0 Å². The molecule has 0 heterocycles. The first kappa shape index (κ1) is 8.28. The molecule has 0 amide bonds. The second-order valence-corrected chi connectivity index (χ2v) is 2.84. The molecule has 0 radical (unpaired) electrons. The van der Waals surface area contributed by atoms with E-state index in [0.717, 1.165) is 0 Å². The largest absolute Gasteiger partial charge is 0.206 e. The van der Waals surface area contributed by atoms with E-state index in [2.05, 4.69) is 6.58 Å². The molecule has 2 heteroatoms. The van der Waals surface area contributed by atoms with E-state index in [0.29, 0.717) is 16.2 Å². The van der Waals surface area contributed by atoms with Gasteiger partial charge in [-0.15, -0.1) is 0 Å². The molecule has 0 nitrogen and oxygen atoms in total. The minimum Gasteiger partial charge on any atom is -0.206 e. The summed E-state index contributed by atoms with van der Waals surface area (Å²) in [6.45, 7) is 5.37. The second-order valence-electron chi connectivity index (χ2n) is 2.40. The SMILES string of the molecule is C=C(C)c1cc(Cl)ccc1F. The van der Waals surface area contributed by atoms with Crippen molar-refractivity contribution in [3.05, 3.63) is 41.2 Å². The predicted octanol–water partition coefficient (Wildman–Crippen LogP) is 3.51. The monoisotopic (exact) mass is 170 g/mol. The molecular weight excluding hydrogens is 163 g/mol. The van der Waals surface area contributed by atoms with Gasteiger partial charge in [-0.25, -0.2) is 4.39 Å². The zero-order valence-electron chi connectivity index (χ0n) is 6.20. The average molecular weight is 171 g/mol. The molecule has 11 heavy (non-hydrogen) atoms. The highest BCUT2D eigenvalue weighted by Crippen LogP contribution is 2.20. The van der Waals surface area contributed by atoms with Gasteiger partial charge in [0.2, 0.25) is 0 Å². The maximum Gasteiger partial charge on any atom is 0.130 e. The average Bonchev–Trinajstić information content (AvgIpc) is 1.94. The van der Waals surface area contributed by atoms with E-state index in [-0.39, 0.29) is 5.82 Å². The fourth-order valence-electron chi connectivity index (χ4n) is 0.825. The minimum atomic E-state index is -0.276. The minimum absolute atomic E-state index is 0.276. The van der Waals surface area contributed by atoms with Gasteiger partial charge in [0.1, 0.15) is 5.82 Å². The van der Waals surface area contributed by atoms with Crippen molar-refractivity contribution in [1.29, 1.82) is 0 Å². The van der Waals surface area contributed by atoms with Gasteiger partial charge in [-0.3, -0.25) is 0 Å². The topological polar surface area (TPSA) is 0 Å². The van der Waals surface area contributed by atoms with Crippen LogP contribution < -0.4 is 0 Å². The van der Waals surface area contributed by atoms with E-state index in [9.17, 15) is 4.39 Å². The van der Waals surface area contributed by atoms with Crippen LogP contribution in [-0.4, -0.2) is 0 Å². The Bertz CT molecular complexity index is 292. The molecule has 0 fully saturated rings. The van der Waals surface area contributed by atoms with Crippen LogP contribution in [0.4, 0.5) is 4.39 Å². The van der Waals surface area contributed by atoms with E-state index >= 15 is 0 Å². The van der Waals surface area contributed by atoms with Crippen LogP contribution in [0.3, 0.4) is 0 Å². The van der Waals surface area contributed by atoms with Crippen molar-refractivity contribution in [3.63, 3.8) is 0 Å². The lowest BCUT2D eigenvalue weighted by atomic mass is 10.1. The van der Waals surface area contributed by atoms with Crippen LogP contribution in [0, 0.1) is 5.82 Å². The first-order valence-electron chi connectivity index (χ1n) is 3.22. The summed E-state index contributed by atoms with van der Waals surface area (Å²) in [4.78, 5) is 0. The standard InChI is InChI=1S/C9H8ClF/c1-6(2)8-5-7(10)3-4-9(8)11/h3-5H,1H2,2H3. The molecule has 0 aromatic heterocycles. The summed E-state index contributed by atoms with van der Waals surface area (Å²) in [6, 6.07) is 4.43. The maximum absolute atomic E-state index is 12.9. The zero-order chi connectivity index (χ0) is 8.43. The molecular formula is C9H8ClF. The maximum atomic E-state index is 12.9. The van der Waals surface area contributed by atoms with Crippen LogP contribution in [0.2, 0.25) is 5.02 Å². The second kappa shape index (κ2) is 3.05. The lowest BCUT2D eigenvalue weighted by Gasteiger charge is -2.01. The van der Waals surface area contributed by atoms with Crippen LogP contribution in [0.1, 0.15) is 12.5 Å². The van der Waals surface area contributed by atoms with Crippen LogP contribution >= 0.6 is 11.6 Å². The third-order valence-corrected chi connectivity index (χ3v) is 1.62. The Morgan fingerprint density at radius 3 is 2.64 bits per heavy atom. The smallest absolute Gasteiger partial charge is 0.130 e. The van der Waals surface area contributed by atoms with Gasteiger partial charge in [0.25, 0.3) is 0 Å². The molecule has 0 bridgehead atoms. The van der Waals surface area contributed by atoms with Gasteiger partial charge in [0.05, 0.1) is 0 Å². The number of allylic oxidation sites excluding steroid dienone is 1. The number of hydrogen-bond donors (Lipinski definition) is 0. The summed E-state index contributed by atoms with van der Waals surface area (Å²) in [7, 11) is 0. The highest BCUT2D eigenvalue weighted by atomic mass is 35.5. The van der Waals surface area contributed by atoms with Crippen LogP contribution in [0.25, 0.3) is 5.57 Å². The molecule has 0 unspecified atom stereocenters. The summed E-state index contributed by atoms with van der Waals surface area (Å²) in [5.41, 5.74) is 1.17. The Kier molecular flexibility index (Phi) is 2.30.